The number of halogens is 1. The van der Waals surface area contributed by atoms with Crippen LogP contribution in [0.1, 0.15) is 0 Å². The van der Waals surface area contributed by atoms with E-state index in [0.717, 1.165) is 22.0 Å². The first-order chi connectivity index (χ1) is 10.8. The van der Waals surface area contributed by atoms with Crippen molar-refractivity contribution in [3.8, 4) is 22.3 Å². The number of hydrogen-bond donors (Lipinski definition) is 0. The van der Waals surface area contributed by atoms with Gasteiger partial charge in [-0.05, 0) is 57.8 Å². The van der Waals surface area contributed by atoms with Crippen molar-refractivity contribution in [1.82, 2.24) is 4.98 Å². The molecule has 0 atom stereocenters. The summed E-state index contributed by atoms with van der Waals surface area (Å²) in [6, 6.07) is 17.0. The van der Waals surface area contributed by atoms with E-state index in [1.807, 2.05) is 6.07 Å². The van der Waals surface area contributed by atoms with Gasteiger partial charge in [0.2, 0.25) is 0 Å². The van der Waals surface area contributed by atoms with Gasteiger partial charge in [-0.15, -0.1) is 0 Å². The monoisotopic (exact) mass is 305 g/mol. The molecule has 0 saturated carbocycles. The second-order valence-corrected chi connectivity index (χ2v) is 5.93. The lowest BCUT2D eigenvalue weighted by Crippen LogP contribution is -1.85. The van der Waals surface area contributed by atoms with Crippen molar-refractivity contribution in [2.75, 3.05) is 0 Å². The maximum absolute atomic E-state index is 13.4. The fourth-order valence-electron chi connectivity index (χ4n) is 2.56. The lowest BCUT2D eigenvalue weighted by molar-refractivity contribution is 0.628. The molecule has 3 heteroatoms. The third kappa shape index (κ3) is 2.40. The molecular formula is C19H12FNS. The Hall–Kier alpha value is -2.52. The average Bonchev–Trinajstić information content (AvgIpc) is 3.08. The van der Waals surface area contributed by atoms with E-state index in [9.17, 15) is 4.39 Å². The minimum atomic E-state index is -0.231. The van der Waals surface area contributed by atoms with Crippen LogP contribution in [0.4, 0.5) is 4.39 Å². The number of benzene rings is 2. The molecule has 0 unspecified atom stereocenters. The highest BCUT2D eigenvalue weighted by atomic mass is 32.1. The van der Waals surface area contributed by atoms with E-state index in [-0.39, 0.29) is 5.82 Å². The molecular weight excluding hydrogens is 293 g/mol. The van der Waals surface area contributed by atoms with Crippen LogP contribution in [-0.2, 0) is 0 Å². The first-order valence-electron chi connectivity index (χ1n) is 6.98. The number of rotatable bonds is 2. The Balaban J connectivity index is 1.80. The molecule has 2 heterocycles. The van der Waals surface area contributed by atoms with E-state index in [2.05, 4.69) is 46.1 Å². The van der Waals surface area contributed by atoms with Gasteiger partial charge in [0.1, 0.15) is 5.82 Å². The van der Waals surface area contributed by atoms with Crippen molar-refractivity contribution >= 4 is 22.2 Å². The maximum atomic E-state index is 13.4. The molecule has 4 aromatic rings. The predicted molar refractivity (Wildman–Crippen MR) is 90.5 cm³/mol. The van der Waals surface area contributed by atoms with E-state index >= 15 is 0 Å². The molecule has 0 radical (unpaired) electrons. The highest BCUT2D eigenvalue weighted by Gasteiger charge is 2.04. The summed E-state index contributed by atoms with van der Waals surface area (Å²) in [6.45, 7) is 0. The summed E-state index contributed by atoms with van der Waals surface area (Å²) < 4.78 is 13.4. The van der Waals surface area contributed by atoms with E-state index in [1.54, 1.807) is 23.6 Å². The molecule has 2 aromatic heterocycles. The number of nitrogens with zero attached hydrogens (tertiary/aromatic N) is 1. The zero-order valence-electron chi connectivity index (χ0n) is 11.7. The molecule has 2 aromatic carbocycles. The van der Waals surface area contributed by atoms with Crippen molar-refractivity contribution in [3.63, 3.8) is 0 Å². The maximum Gasteiger partial charge on any atom is 0.123 e. The molecule has 0 aliphatic rings. The molecule has 0 aliphatic carbocycles. The van der Waals surface area contributed by atoms with Crippen LogP contribution >= 0.6 is 11.3 Å². The summed E-state index contributed by atoms with van der Waals surface area (Å²) in [5.74, 6) is -0.231. The zero-order chi connectivity index (χ0) is 14.9. The summed E-state index contributed by atoms with van der Waals surface area (Å²) >= 11 is 1.68. The molecule has 22 heavy (non-hydrogen) atoms. The summed E-state index contributed by atoms with van der Waals surface area (Å²) in [5, 5.41) is 5.25. The molecule has 0 N–H and O–H groups in total. The van der Waals surface area contributed by atoms with Crippen molar-refractivity contribution in [2.24, 2.45) is 0 Å². The summed E-state index contributed by atoms with van der Waals surface area (Å²) in [7, 11) is 0. The Morgan fingerprint density at radius 3 is 2.55 bits per heavy atom. The minimum absolute atomic E-state index is 0.231. The third-order valence-corrected chi connectivity index (χ3v) is 4.38. The van der Waals surface area contributed by atoms with Crippen LogP contribution in [-0.4, -0.2) is 4.98 Å². The lowest BCUT2D eigenvalue weighted by atomic mass is 10.0. The third-order valence-electron chi connectivity index (χ3n) is 3.70. The topological polar surface area (TPSA) is 12.9 Å². The van der Waals surface area contributed by atoms with Crippen LogP contribution in [0.3, 0.4) is 0 Å². The Bertz CT molecular complexity index is 945. The van der Waals surface area contributed by atoms with Crippen LogP contribution in [0.25, 0.3) is 33.2 Å². The zero-order valence-corrected chi connectivity index (χ0v) is 12.5. The smallest absolute Gasteiger partial charge is 0.123 e. The van der Waals surface area contributed by atoms with Crippen molar-refractivity contribution < 1.29 is 4.39 Å². The van der Waals surface area contributed by atoms with Gasteiger partial charge in [-0.3, -0.25) is 4.98 Å². The average molecular weight is 305 g/mol. The number of fused-ring (bicyclic) bond motifs is 1. The second-order valence-electron chi connectivity index (χ2n) is 5.15. The first kappa shape index (κ1) is 13.2. The summed E-state index contributed by atoms with van der Waals surface area (Å²) in [6.07, 6.45) is 1.80. The Morgan fingerprint density at radius 1 is 0.818 bits per heavy atom. The van der Waals surface area contributed by atoms with Crippen LogP contribution in [0.5, 0.6) is 0 Å². The fourth-order valence-corrected chi connectivity index (χ4v) is 3.22. The molecule has 4 rings (SSSR count). The van der Waals surface area contributed by atoms with Gasteiger partial charge in [0.25, 0.3) is 0 Å². The first-order valence-corrected chi connectivity index (χ1v) is 7.92. The predicted octanol–water partition coefficient (Wildman–Crippen LogP) is 5.77. The van der Waals surface area contributed by atoms with Gasteiger partial charge in [0.15, 0.2) is 0 Å². The molecule has 0 aliphatic heterocycles. The largest absolute Gasteiger partial charge is 0.256 e. The van der Waals surface area contributed by atoms with Gasteiger partial charge in [-0.25, -0.2) is 4.39 Å². The molecule has 0 bridgehead atoms. The molecule has 106 valence electrons. The van der Waals surface area contributed by atoms with Gasteiger partial charge in [0.05, 0.1) is 5.52 Å². The van der Waals surface area contributed by atoms with Gasteiger partial charge in [-0.1, -0.05) is 24.3 Å². The SMILES string of the molecule is Fc1cccc(-c2cnc3cc(-c4ccsc4)ccc3c2)c1. The highest BCUT2D eigenvalue weighted by molar-refractivity contribution is 7.08. The van der Waals surface area contributed by atoms with E-state index in [0.29, 0.717) is 0 Å². The number of pyridine rings is 1. The van der Waals surface area contributed by atoms with Crippen LogP contribution in [0, 0.1) is 5.82 Å². The molecule has 0 saturated heterocycles. The highest BCUT2D eigenvalue weighted by Crippen LogP contribution is 2.28. The summed E-state index contributed by atoms with van der Waals surface area (Å²) in [4.78, 5) is 4.54. The van der Waals surface area contributed by atoms with Crippen molar-refractivity contribution in [2.45, 2.75) is 0 Å². The van der Waals surface area contributed by atoms with E-state index < -0.39 is 0 Å². The standard InChI is InChI=1S/C19H12FNS/c20-18-3-1-2-13(9-18)17-8-15-5-4-14(10-19(15)21-11-17)16-6-7-22-12-16/h1-12H. The van der Waals surface area contributed by atoms with E-state index in [1.165, 1.54) is 23.3 Å². The van der Waals surface area contributed by atoms with Crippen LogP contribution in [0.15, 0.2) is 71.6 Å². The number of aromatic nitrogens is 1. The van der Waals surface area contributed by atoms with Gasteiger partial charge < -0.3 is 0 Å². The summed E-state index contributed by atoms with van der Waals surface area (Å²) in [5.41, 5.74) is 5.10. The van der Waals surface area contributed by atoms with E-state index in [4.69, 9.17) is 0 Å². The number of hydrogen-bond acceptors (Lipinski definition) is 2. The van der Waals surface area contributed by atoms with Gasteiger partial charge in [0, 0.05) is 17.1 Å². The molecule has 0 spiro atoms. The number of thiophene rings is 1. The van der Waals surface area contributed by atoms with Crippen LogP contribution < -0.4 is 0 Å². The van der Waals surface area contributed by atoms with Crippen LogP contribution in [0.2, 0.25) is 0 Å². The van der Waals surface area contributed by atoms with Crippen molar-refractivity contribution in [3.05, 3.63) is 77.4 Å². The molecule has 0 amide bonds. The van der Waals surface area contributed by atoms with Crippen molar-refractivity contribution in [1.29, 1.82) is 0 Å². The Kier molecular flexibility index (Phi) is 3.20. The molecule has 0 fully saturated rings. The fraction of sp³-hybridized carbons (Fsp3) is 0. The minimum Gasteiger partial charge on any atom is -0.256 e. The second kappa shape index (κ2) is 5.35. The Morgan fingerprint density at radius 2 is 1.73 bits per heavy atom. The molecule has 1 nitrogen and oxygen atoms in total. The van der Waals surface area contributed by atoms with Gasteiger partial charge >= 0.3 is 0 Å². The lowest BCUT2D eigenvalue weighted by Gasteiger charge is -2.05. The normalized spacial score (nSPS) is 11.0. The Labute approximate surface area is 131 Å². The van der Waals surface area contributed by atoms with Gasteiger partial charge in [-0.2, -0.15) is 11.3 Å². The quantitative estimate of drug-likeness (QED) is 0.458.